The first-order chi connectivity index (χ1) is 8.59. The Morgan fingerprint density at radius 2 is 2.06 bits per heavy atom. The van der Waals surface area contributed by atoms with E-state index in [1.807, 2.05) is 31.2 Å². The van der Waals surface area contributed by atoms with Crippen LogP contribution in [0.25, 0.3) is 0 Å². The molecule has 1 heterocycles. The molecule has 0 spiro atoms. The average Bonchev–Trinajstić information content (AvgIpc) is 2.34. The molecule has 0 aliphatic carbocycles. The second kappa shape index (κ2) is 5.59. The third-order valence-electron chi connectivity index (χ3n) is 2.66. The van der Waals surface area contributed by atoms with Gasteiger partial charge in [0.05, 0.1) is 28.1 Å². The van der Waals surface area contributed by atoms with Crippen molar-refractivity contribution in [2.75, 3.05) is 11.1 Å². The molecule has 1 aromatic carbocycles. The van der Waals surface area contributed by atoms with Gasteiger partial charge < -0.3 is 11.1 Å². The summed E-state index contributed by atoms with van der Waals surface area (Å²) >= 11 is 9.60. The van der Waals surface area contributed by atoms with Gasteiger partial charge >= 0.3 is 0 Å². The third kappa shape index (κ3) is 2.76. The van der Waals surface area contributed by atoms with Gasteiger partial charge in [-0.05, 0) is 34.5 Å². The number of nitrogens with two attached hydrogens (primary N) is 1. The highest BCUT2D eigenvalue weighted by Gasteiger charge is 2.12. The number of rotatable bonds is 3. The molecule has 0 radical (unpaired) electrons. The SMILES string of the molecule is CC(Nc1c(N)cncc1Br)c1ccccc1Cl. The number of hydrogen-bond donors (Lipinski definition) is 2. The minimum Gasteiger partial charge on any atom is -0.396 e. The molecule has 0 fully saturated rings. The Kier molecular flexibility index (Phi) is 4.09. The topological polar surface area (TPSA) is 50.9 Å². The Bertz CT molecular complexity index is 539. The lowest BCUT2D eigenvalue weighted by Gasteiger charge is -2.19. The molecule has 94 valence electrons. The molecule has 0 saturated carbocycles. The van der Waals surface area contributed by atoms with E-state index in [0.717, 1.165) is 20.7 Å². The van der Waals surface area contributed by atoms with Crippen molar-refractivity contribution in [1.82, 2.24) is 4.98 Å². The highest BCUT2D eigenvalue weighted by Crippen LogP contribution is 2.32. The lowest BCUT2D eigenvalue weighted by atomic mass is 10.1. The zero-order valence-corrected chi connectivity index (χ0v) is 12.2. The van der Waals surface area contributed by atoms with Crippen LogP contribution in [0.3, 0.4) is 0 Å². The van der Waals surface area contributed by atoms with Gasteiger partial charge in [0.2, 0.25) is 0 Å². The Morgan fingerprint density at radius 3 is 2.72 bits per heavy atom. The van der Waals surface area contributed by atoms with Crippen molar-refractivity contribution in [2.24, 2.45) is 0 Å². The van der Waals surface area contributed by atoms with E-state index in [1.54, 1.807) is 12.4 Å². The smallest absolute Gasteiger partial charge is 0.0754 e. The number of anilines is 2. The molecular weight excluding hydrogens is 314 g/mol. The molecular formula is C13H13BrClN3. The van der Waals surface area contributed by atoms with Crippen molar-refractivity contribution in [1.29, 1.82) is 0 Å². The molecule has 18 heavy (non-hydrogen) atoms. The van der Waals surface area contributed by atoms with Crippen molar-refractivity contribution in [3.8, 4) is 0 Å². The van der Waals surface area contributed by atoms with E-state index in [-0.39, 0.29) is 6.04 Å². The standard InChI is InChI=1S/C13H13BrClN3/c1-8(9-4-2-3-5-11(9)15)18-13-10(14)6-17-7-12(13)16/h2-8H,16H2,1H3,(H,17,18). The molecule has 0 amide bonds. The average molecular weight is 327 g/mol. The lowest BCUT2D eigenvalue weighted by molar-refractivity contribution is 0.884. The lowest BCUT2D eigenvalue weighted by Crippen LogP contribution is -2.09. The number of hydrogen-bond acceptors (Lipinski definition) is 3. The molecule has 1 atom stereocenters. The third-order valence-corrected chi connectivity index (χ3v) is 3.61. The summed E-state index contributed by atoms with van der Waals surface area (Å²) in [6.07, 6.45) is 3.32. The van der Waals surface area contributed by atoms with E-state index >= 15 is 0 Å². The maximum Gasteiger partial charge on any atom is 0.0754 e. The Morgan fingerprint density at radius 1 is 1.33 bits per heavy atom. The normalized spacial score (nSPS) is 12.2. The van der Waals surface area contributed by atoms with Crippen LogP contribution in [0.5, 0.6) is 0 Å². The molecule has 0 aliphatic heterocycles. The number of pyridine rings is 1. The summed E-state index contributed by atoms with van der Waals surface area (Å²) in [6, 6.07) is 7.80. The second-order valence-electron chi connectivity index (χ2n) is 3.97. The molecule has 3 N–H and O–H groups in total. The van der Waals surface area contributed by atoms with Crippen LogP contribution < -0.4 is 11.1 Å². The van der Waals surface area contributed by atoms with Crippen LogP contribution in [0.4, 0.5) is 11.4 Å². The van der Waals surface area contributed by atoms with Crippen LogP contribution in [0.15, 0.2) is 41.1 Å². The number of halogens is 2. The number of aromatic nitrogens is 1. The molecule has 1 unspecified atom stereocenters. The largest absolute Gasteiger partial charge is 0.396 e. The zero-order valence-electron chi connectivity index (χ0n) is 9.82. The highest BCUT2D eigenvalue weighted by molar-refractivity contribution is 9.10. The van der Waals surface area contributed by atoms with E-state index in [4.69, 9.17) is 17.3 Å². The summed E-state index contributed by atoms with van der Waals surface area (Å²) in [5.74, 6) is 0. The fourth-order valence-electron chi connectivity index (χ4n) is 1.72. The highest BCUT2D eigenvalue weighted by atomic mass is 79.9. The zero-order chi connectivity index (χ0) is 13.1. The maximum atomic E-state index is 6.17. The van der Waals surface area contributed by atoms with E-state index < -0.39 is 0 Å². The summed E-state index contributed by atoms with van der Waals surface area (Å²) in [5, 5.41) is 4.08. The summed E-state index contributed by atoms with van der Waals surface area (Å²) in [7, 11) is 0. The summed E-state index contributed by atoms with van der Waals surface area (Å²) in [5.41, 5.74) is 8.36. The van der Waals surface area contributed by atoms with Crippen molar-refractivity contribution in [3.05, 3.63) is 51.7 Å². The molecule has 3 nitrogen and oxygen atoms in total. The van der Waals surface area contributed by atoms with Crippen molar-refractivity contribution < 1.29 is 0 Å². The van der Waals surface area contributed by atoms with Crippen LogP contribution in [0.2, 0.25) is 5.02 Å². The number of nitrogens with one attached hydrogen (secondary N) is 1. The fraction of sp³-hybridized carbons (Fsp3) is 0.154. The Hall–Kier alpha value is -1.26. The van der Waals surface area contributed by atoms with Crippen LogP contribution in [0.1, 0.15) is 18.5 Å². The summed E-state index contributed by atoms with van der Waals surface area (Å²) < 4.78 is 0.835. The Balaban J connectivity index is 2.27. The predicted octanol–water partition coefficient (Wildman–Crippen LogP) is 4.25. The van der Waals surface area contributed by atoms with Crippen LogP contribution in [0, 0.1) is 0 Å². The molecule has 0 bridgehead atoms. The quantitative estimate of drug-likeness (QED) is 0.886. The fourth-order valence-corrected chi connectivity index (χ4v) is 2.48. The summed E-state index contributed by atoms with van der Waals surface area (Å²) in [6.45, 7) is 2.04. The molecule has 2 rings (SSSR count). The predicted molar refractivity (Wildman–Crippen MR) is 79.8 cm³/mol. The van der Waals surface area contributed by atoms with Crippen LogP contribution in [-0.2, 0) is 0 Å². The van der Waals surface area contributed by atoms with E-state index in [2.05, 4.69) is 26.2 Å². The van der Waals surface area contributed by atoms with Crippen molar-refractivity contribution in [3.63, 3.8) is 0 Å². The van der Waals surface area contributed by atoms with Gasteiger partial charge in [-0.25, -0.2) is 0 Å². The van der Waals surface area contributed by atoms with Gasteiger partial charge in [-0.15, -0.1) is 0 Å². The van der Waals surface area contributed by atoms with Gasteiger partial charge in [-0.1, -0.05) is 29.8 Å². The monoisotopic (exact) mass is 325 g/mol. The van der Waals surface area contributed by atoms with Crippen molar-refractivity contribution >= 4 is 38.9 Å². The van der Waals surface area contributed by atoms with Crippen molar-refractivity contribution in [2.45, 2.75) is 13.0 Å². The first kappa shape index (κ1) is 13.2. The molecule has 0 aliphatic rings. The van der Waals surface area contributed by atoms with Gasteiger partial charge in [-0.3, -0.25) is 4.98 Å². The minimum absolute atomic E-state index is 0.0553. The Labute approximate surface area is 119 Å². The molecule has 5 heteroatoms. The number of nitrogens with zero attached hydrogens (tertiary/aromatic N) is 1. The van der Waals surface area contributed by atoms with E-state index in [1.165, 1.54) is 0 Å². The minimum atomic E-state index is 0.0553. The maximum absolute atomic E-state index is 6.17. The van der Waals surface area contributed by atoms with Gasteiger partial charge in [0.1, 0.15) is 0 Å². The first-order valence-electron chi connectivity index (χ1n) is 5.49. The van der Waals surface area contributed by atoms with Gasteiger partial charge in [0.25, 0.3) is 0 Å². The first-order valence-corrected chi connectivity index (χ1v) is 6.66. The molecule has 1 aromatic heterocycles. The number of nitrogen functional groups attached to an aromatic ring is 1. The molecule has 2 aromatic rings. The molecule has 0 saturated heterocycles. The van der Waals surface area contributed by atoms with Gasteiger partial charge in [0, 0.05) is 11.2 Å². The summed E-state index contributed by atoms with van der Waals surface area (Å²) in [4.78, 5) is 4.00. The van der Waals surface area contributed by atoms with E-state index in [0.29, 0.717) is 5.69 Å². The van der Waals surface area contributed by atoms with Crippen LogP contribution in [-0.4, -0.2) is 4.98 Å². The van der Waals surface area contributed by atoms with Crippen LogP contribution >= 0.6 is 27.5 Å². The van der Waals surface area contributed by atoms with Gasteiger partial charge in [0.15, 0.2) is 0 Å². The second-order valence-corrected chi connectivity index (χ2v) is 5.23. The number of benzene rings is 1. The van der Waals surface area contributed by atoms with E-state index in [9.17, 15) is 0 Å². The van der Waals surface area contributed by atoms with Gasteiger partial charge in [-0.2, -0.15) is 0 Å².